The van der Waals surface area contributed by atoms with Crippen molar-refractivity contribution in [1.29, 1.82) is 0 Å². The third kappa shape index (κ3) is 4.12. The Morgan fingerprint density at radius 2 is 2.00 bits per heavy atom. The summed E-state index contributed by atoms with van der Waals surface area (Å²) in [4.78, 5) is 30.5. The molecule has 1 N–H and O–H groups in total. The number of piperidine rings is 1. The number of hydrogen-bond acceptors (Lipinski definition) is 5. The number of nitrogens with one attached hydrogen (secondary N) is 1. The molecule has 1 aromatic rings. The highest BCUT2D eigenvalue weighted by atomic mass is 16.6. The second kappa shape index (κ2) is 7.86. The minimum atomic E-state index is -0.225. The smallest absolute Gasteiger partial charge is 0.409 e. The predicted molar refractivity (Wildman–Crippen MR) is 92.4 cm³/mol. The summed E-state index contributed by atoms with van der Waals surface area (Å²) in [5.74, 6) is -0.000732. The molecule has 0 radical (unpaired) electrons. The van der Waals surface area contributed by atoms with Gasteiger partial charge >= 0.3 is 6.09 Å². The van der Waals surface area contributed by atoms with Crippen LogP contribution in [0, 0.1) is 6.92 Å². The summed E-state index contributed by atoms with van der Waals surface area (Å²) < 4.78 is 5.07. The lowest BCUT2D eigenvalue weighted by atomic mass is 10.0. The van der Waals surface area contributed by atoms with Crippen molar-refractivity contribution < 1.29 is 14.3 Å². The molecular formula is C17H27N5O3. The van der Waals surface area contributed by atoms with Crippen LogP contribution in [0.2, 0.25) is 0 Å². The number of amides is 2. The summed E-state index contributed by atoms with van der Waals surface area (Å²) >= 11 is 0. The minimum absolute atomic E-state index is 0.000732. The lowest BCUT2D eigenvalue weighted by Crippen LogP contribution is -2.56. The molecule has 2 fully saturated rings. The third-order valence-electron chi connectivity index (χ3n) is 4.97. The summed E-state index contributed by atoms with van der Waals surface area (Å²) in [6.07, 6.45) is 1.86. The van der Waals surface area contributed by atoms with Gasteiger partial charge in [0.25, 0.3) is 5.91 Å². The summed E-state index contributed by atoms with van der Waals surface area (Å²) in [5.41, 5.74) is 1.39. The fourth-order valence-electron chi connectivity index (χ4n) is 3.61. The van der Waals surface area contributed by atoms with E-state index in [2.05, 4.69) is 15.1 Å². The summed E-state index contributed by atoms with van der Waals surface area (Å²) in [6.45, 7) is 8.65. The first-order chi connectivity index (χ1) is 12.1. The molecule has 8 heteroatoms. The van der Waals surface area contributed by atoms with E-state index in [4.69, 9.17) is 4.74 Å². The number of aromatic nitrogens is 2. The molecule has 3 rings (SSSR count). The summed E-state index contributed by atoms with van der Waals surface area (Å²) in [6, 6.07) is 2.14. The third-order valence-corrected chi connectivity index (χ3v) is 4.97. The van der Waals surface area contributed by atoms with Crippen LogP contribution >= 0.6 is 0 Å². The topological polar surface area (TPSA) is 81.8 Å². The zero-order valence-corrected chi connectivity index (χ0v) is 15.0. The second-order valence-electron chi connectivity index (χ2n) is 6.71. The molecule has 3 heterocycles. The van der Waals surface area contributed by atoms with Gasteiger partial charge in [-0.05, 0) is 32.8 Å². The van der Waals surface area contributed by atoms with Gasteiger partial charge in [-0.25, -0.2) is 4.79 Å². The Morgan fingerprint density at radius 3 is 2.64 bits per heavy atom. The Morgan fingerprint density at radius 1 is 1.24 bits per heavy atom. The van der Waals surface area contributed by atoms with Crippen LogP contribution in [-0.4, -0.2) is 88.8 Å². The monoisotopic (exact) mass is 349 g/mol. The maximum atomic E-state index is 12.6. The van der Waals surface area contributed by atoms with Gasteiger partial charge in [0.05, 0.1) is 6.61 Å². The molecule has 2 aliphatic rings. The molecule has 0 saturated carbocycles. The van der Waals surface area contributed by atoms with Gasteiger partial charge in [0.2, 0.25) is 0 Å². The Bertz CT molecular complexity index is 609. The van der Waals surface area contributed by atoms with E-state index < -0.39 is 0 Å². The van der Waals surface area contributed by atoms with Crippen molar-refractivity contribution in [1.82, 2.24) is 24.9 Å². The molecule has 0 spiro atoms. The molecule has 0 aliphatic carbocycles. The van der Waals surface area contributed by atoms with Gasteiger partial charge in [-0.2, -0.15) is 5.10 Å². The van der Waals surface area contributed by atoms with Gasteiger partial charge < -0.3 is 14.5 Å². The van der Waals surface area contributed by atoms with Gasteiger partial charge in [-0.1, -0.05) is 0 Å². The van der Waals surface area contributed by atoms with Gasteiger partial charge in [0, 0.05) is 51.0 Å². The van der Waals surface area contributed by atoms with E-state index >= 15 is 0 Å². The SMILES string of the molecule is CCOC(=O)N1CCN([C@@H]2CCCN(C(=O)c3cc(C)[nH]n3)C2)CC1. The van der Waals surface area contributed by atoms with Crippen LogP contribution in [0.5, 0.6) is 0 Å². The van der Waals surface area contributed by atoms with E-state index in [0.717, 1.165) is 44.7 Å². The number of ether oxygens (including phenoxy) is 1. The highest BCUT2D eigenvalue weighted by molar-refractivity contribution is 5.92. The fraction of sp³-hybridized carbons (Fsp3) is 0.706. The Balaban J connectivity index is 1.54. The number of rotatable bonds is 3. The molecule has 2 amide bonds. The largest absolute Gasteiger partial charge is 0.450 e. The number of H-pyrrole nitrogens is 1. The lowest BCUT2D eigenvalue weighted by molar-refractivity contribution is 0.0375. The van der Waals surface area contributed by atoms with E-state index in [1.807, 2.05) is 18.7 Å². The van der Waals surface area contributed by atoms with E-state index in [1.165, 1.54) is 0 Å². The number of nitrogens with zero attached hydrogens (tertiary/aromatic N) is 4. The normalized spacial score (nSPS) is 22.1. The Hall–Kier alpha value is -2.09. The van der Waals surface area contributed by atoms with Crippen LogP contribution in [0.15, 0.2) is 6.07 Å². The molecule has 0 bridgehead atoms. The van der Waals surface area contributed by atoms with Crippen LogP contribution in [0.25, 0.3) is 0 Å². The van der Waals surface area contributed by atoms with Gasteiger partial charge in [0.1, 0.15) is 5.69 Å². The highest BCUT2D eigenvalue weighted by Crippen LogP contribution is 2.19. The molecule has 2 aliphatic heterocycles. The number of piperazine rings is 1. The Labute approximate surface area is 148 Å². The number of aryl methyl sites for hydroxylation is 1. The van der Waals surface area contributed by atoms with Crippen molar-refractivity contribution in [2.24, 2.45) is 0 Å². The van der Waals surface area contributed by atoms with Gasteiger partial charge in [-0.3, -0.25) is 14.8 Å². The number of likely N-dealkylation sites (tertiary alicyclic amines) is 1. The van der Waals surface area contributed by atoms with E-state index in [1.54, 1.807) is 11.0 Å². The number of aromatic amines is 1. The van der Waals surface area contributed by atoms with Crippen LogP contribution < -0.4 is 0 Å². The van der Waals surface area contributed by atoms with Crippen LogP contribution in [0.3, 0.4) is 0 Å². The van der Waals surface area contributed by atoms with Crippen LogP contribution in [-0.2, 0) is 4.74 Å². The standard InChI is InChI=1S/C17H27N5O3/c1-3-25-17(24)21-9-7-20(8-10-21)14-5-4-6-22(12-14)16(23)15-11-13(2)18-19-15/h11,14H,3-10,12H2,1-2H3,(H,18,19)/t14-/m1/s1. The van der Waals surface area contributed by atoms with Crippen molar-refractivity contribution in [2.45, 2.75) is 32.7 Å². The molecule has 0 aromatic carbocycles. The molecule has 1 atom stereocenters. The van der Waals surface area contributed by atoms with Crippen LogP contribution in [0.1, 0.15) is 35.9 Å². The van der Waals surface area contributed by atoms with Crippen molar-refractivity contribution in [2.75, 3.05) is 45.9 Å². The van der Waals surface area contributed by atoms with Crippen molar-refractivity contribution in [3.8, 4) is 0 Å². The van der Waals surface area contributed by atoms with E-state index in [0.29, 0.717) is 31.4 Å². The first kappa shape index (κ1) is 17.7. The van der Waals surface area contributed by atoms with Gasteiger partial charge in [0.15, 0.2) is 0 Å². The summed E-state index contributed by atoms with van der Waals surface area (Å²) in [5, 5.41) is 6.92. The highest BCUT2D eigenvalue weighted by Gasteiger charge is 2.32. The molecule has 138 valence electrons. The quantitative estimate of drug-likeness (QED) is 0.884. The number of hydrogen-bond donors (Lipinski definition) is 1. The average molecular weight is 349 g/mol. The van der Waals surface area contributed by atoms with E-state index in [9.17, 15) is 9.59 Å². The minimum Gasteiger partial charge on any atom is -0.450 e. The zero-order valence-electron chi connectivity index (χ0n) is 15.0. The fourth-order valence-corrected chi connectivity index (χ4v) is 3.61. The second-order valence-corrected chi connectivity index (χ2v) is 6.71. The zero-order chi connectivity index (χ0) is 17.8. The lowest BCUT2D eigenvalue weighted by Gasteiger charge is -2.42. The van der Waals surface area contributed by atoms with Crippen molar-refractivity contribution in [3.63, 3.8) is 0 Å². The Kier molecular flexibility index (Phi) is 5.57. The molecule has 25 heavy (non-hydrogen) atoms. The predicted octanol–water partition coefficient (Wildman–Crippen LogP) is 1.10. The molecule has 8 nitrogen and oxygen atoms in total. The molecule has 2 saturated heterocycles. The number of carbonyl (C=O) groups is 2. The molecule has 1 aromatic heterocycles. The first-order valence-corrected chi connectivity index (χ1v) is 9.05. The molecule has 0 unspecified atom stereocenters. The average Bonchev–Trinajstić information content (AvgIpc) is 3.08. The van der Waals surface area contributed by atoms with E-state index in [-0.39, 0.29) is 12.0 Å². The maximum absolute atomic E-state index is 12.6. The van der Waals surface area contributed by atoms with Crippen molar-refractivity contribution in [3.05, 3.63) is 17.5 Å². The molecular weight excluding hydrogens is 322 g/mol. The van der Waals surface area contributed by atoms with Gasteiger partial charge in [-0.15, -0.1) is 0 Å². The summed E-state index contributed by atoms with van der Waals surface area (Å²) in [7, 11) is 0. The first-order valence-electron chi connectivity index (χ1n) is 9.05. The maximum Gasteiger partial charge on any atom is 0.409 e. The van der Waals surface area contributed by atoms with Crippen molar-refractivity contribution >= 4 is 12.0 Å². The van der Waals surface area contributed by atoms with Crippen LogP contribution in [0.4, 0.5) is 4.79 Å². The number of carbonyl (C=O) groups excluding carboxylic acids is 2.